The lowest BCUT2D eigenvalue weighted by Gasteiger charge is -2.23. The molecule has 0 amide bonds. The van der Waals surface area contributed by atoms with Crippen LogP contribution in [-0.4, -0.2) is 180 Å². The molecule has 0 bridgehead atoms. The quantitative estimate of drug-likeness (QED) is 0.00465. The first-order valence-corrected chi connectivity index (χ1v) is 46.8. The van der Waals surface area contributed by atoms with Crippen LogP contribution in [-0.2, 0) is 78.7 Å². The number of rotatable bonds is 32. The number of phenols is 2. The van der Waals surface area contributed by atoms with Crippen molar-refractivity contribution >= 4 is 242 Å². The van der Waals surface area contributed by atoms with Gasteiger partial charge in [-0.05, 0) is 161 Å². The third-order valence-corrected chi connectivity index (χ3v) is 24.2. The minimum atomic E-state index is -6.01. The van der Waals surface area contributed by atoms with E-state index >= 15 is 0 Å². The van der Waals surface area contributed by atoms with E-state index in [2.05, 4.69) is 91.6 Å². The van der Waals surface area contributed by atoms with Crippen LogP contribution >= 0.6 is 69.0 Å². The lowest BCUT2D eigenvalue weighted by molar-refractivity contribution is -0.185. The maximum atomic E-state index is 12.9. The lowest BCUT2D eigenvalue weighted by Crippen LogP contribution is -2.36. The number of benzene rings is 9. The van der Waals surface area contributed by atoms with Crippen LogP contribution in [0.25, 0.3) is 32.3 Å². The van der Waals surface area contributed by atoms with Gasteiger partial charge in [-0.1, -0.05) is 24.3 Å². The second-order valence-electron chi connectivity index (χ2n) is 24.6. The highest BCUT2D eigenvalue weighted by atomic mass is 35.5. The van der Waals surface area contributed by atoms with Gasteiger partial charge in [0.25, 0.3) is 40.5 Å². The molecule has 11 aromatic rings. The number of nitrogens with one attached hydrogen (secondary N) is 4. The topological polar surface area (TPSA) is 771 Å². The fourth-order valence-electron chi connectivity index (χ4n) is 10.6. The number of aromatic nitrogens is 6. The van der Waals surface area contributed by atoms with Crippen LogP contribution in [0.3, 0.4) is 0 Å². The summed E-state index contributed by atoms with van der Waals surface area (Å²) in [5.41, 5.74) is -3.68. The Kier molecular flexibility index (Phi) is 26.0. The molecular weight excluding hydrogens is 1850 g/mol. The van der Waals surface area contributed by atoms with Crippen molar-refractivity contribution < 1.29 is 144 Å². The summed E-state index contributed by atoms with van der Waals surface area (Å²) in [6, 6.07) is 22.3. The van der Waals surface area contributed by atoms with Crippen molar-refractivity contribution in [2.75, 3.05) is 46.0 Å². The summed E-state index contributed by atoms with van der Waals surface area (Å²) in [6.07, 6.45) is 0. The van der Waals surface area contributed by atoms with Gasteiger partial charge in [0.15, 0.2) is 31.3 Å². The first-order chi connectivity index (χ1) is 55.4. The molecule has 642 valence electrons. The molecule has 2 heterocycles. The second-order valence-corrected chi connectivity index (χ2v) is 40.1. The third-order valence-electron chi connectivity index (χ3n) is 15.6. The van der Waals surface area contributed by atoms with Gasteiger partial charge in [0.1, 0.15) is 64.9 Å². The number of anilines is 8. The average molecular weight is 1900 g/mol. The van der Waals surface area contributed by atoms with Gasteiger partial charge >= 0.3 is 0 Å². The van der Waals surface area contributed by atoms with E-state index in [1.165, 1.54) is 42.5 Å². The van der Waals surface area contributed by atoms with E-state index in [1.54, 1.807) is 26.0 Å². The Morgan fingerprint density at radius 1 is 0.425 bits per heavy atom. The molecule has 0 radical (unpaired) electrons. The molecule has 0 aliphatic rings. The third kappa shape index (κ3) is 23.7. The minimum Gasteiger partial charge on any atom is -0.505 e. The number of halogens is 2. The summed E-state index contributed by atoms with van der Waals surface area (Å²) in [7, 11) is -42.7. The zero-order valence-electron chi connectivity index (χ0n) is 59.3. The molecular formula is C60H56Cl2N16O32S10. The summed E-state index contributed by atoms with van der Waals surface area (Å²) in [5.74, 6) is -6.66. The number of aryl methyl sites for hydroxylation is 2. The van der Waals surface area contributed by atoms with Crippen molar-refractivity contribution in [3.63, 3.8) is 0 Å². The summed E-state index contributed by atoms with van der Waals surface area (Å²) in [5, 5.41) is 57.0. The van der Waals surface area contributed by atoms with Crippen molar-refractivity contribution in [2.24, 2.45) is 30.7 Å². The Labute approximate surface area is 694 Å². The maximum Gasteiger partial charge on any atom is 0.296 e. The average Bonchev–Trinajstić information content (AvgIpc) is 0.762. The Bertz CT molecular complexity index is 6750. The maximum absolute atomic E-state index is 12.9. The highest BCUT2D eigenvalue weighted by molar-refractivity contribution is 8.19. The summed E-state index contributed by atoms with van der Waals surface area (Å²) in [6.45, 7) is 1.46. The molecule has 22 N–H and O–H groups in total. The van der Waals surface area contributed by atoms with Gasteiger partial charge in [-0.3, -0.25) is 45.5 Å². The van der Waals surface area contributed by atoms with E-state index < -0.39 is 215 Å². The van der Waals surface area contributed by atoms with Crippen molar-refractivity contribution in [3.05, 3.63) is 143 Å². The summed E-state index contributed by atoms with van der Waals surface area (Å²) in [4.78, 5) is 28.5. The number of nitrogens with zero attached hydrogens (tertiary/aromatic N) is 12. The summed E-state index contributed by atoms with van der Waals surface area (Å²) < 4.78 is 294. The van der Waals surface area contributed by atoms with Crippen LogP contribution in [0.15, 0.2) is 191 Å². The molecule has 11 rings (SSSR count). The molecule has 9 aromatic carbocycles. The Balaban J connectivity index is 0.956. The predicted molar refractivity (Wildman–Crippen MR) is 434 cm³/mol. The van der Waals surface area contributed by atoms with Crippen LogP contribution < -0.4 is 21.3 Å². The fraction of sp³-hybridized carbons (Fsp3) is 0.100. The number of aromatic hydroxyl groups is 2. The first-order valence-electron chi connectivity index (χ1n) is 31.8. The van der Waals surface area contributed by atoms with E-state index in [-0.39, 0.29) is 84.4 Å². The van der Waals surface area contributed by atoms with Crippen LogP contribution in [0.1, 0.15) is 11.1 Å². The smallest absolute Gasteiger partial charge is 0.296 e. The molecule has 0 aliphatic carbocycles. The van der Waals surface area contributed by atoms with E-state index in [4.69, 9.17) is 59.2 Å². The zero-order chi connectivity index (χ0) is 88.1. The molecule has 0 fully saturated rings. The lowest BCUT2D eigenvalue weighted by atomic mass is 10.0. The molecule has 0 atom stereocenters. The van der Waals surface area contributed by atoms with Crippen LogP contribution in [0, 0.1) is 13.8 Å². The van der Waals surface area contributed by atoms with Gasteiger partial charge < -0.3 is 58.8 Å². The van der Waals surface area contributed by atoms with Gasteiger partial charge in [0, 0.05) is 31.6 Å². The van der Waals surface area contributed by atoms with Gasteiger partial charge in [-0.15, -0.1) is 25.6 Å². The number of phenolic OH excluding ortho intramolecular Hbond substituents is 2. The van der Waals surface area contributed by atoms with Gasteiger partial charge in [0.2, 0.25) is 34.4 Å². The van der Waals surface area contributed by atoms with Gasteiger partial charge in [-0.25, -0.2) is 18.2 Å². The van der Waals surface area contributed by atoms with E-state index in [9.17, 15) is 97.8 Å². The molecule has 60 heteroatoms. The zero-order valence-corrected chi connectivity index (χ0v) is 69.0. The van der Waals surface area contributed by atoms with Crippen molar-refractivity contribution in [1.29, 1.82) is 0 Å². The van der Waals surface area contributed by atoms with Crippen LogP contribution in [0.2, 0.25) is 10.6 Å². The molecule has 48 nitrogen and oxygen atoms in total. The SMILES string of the molecule is Cc1cc(Nc2nc(Cl)nc(Nc3ccc(N=Nc4cc(S(=O)(=O)O)c5cccc(C)c5c4)c(Nc4nc(Cl)nc(Nc5cc(S(=O)(=O)O)cc6cc(S(O)(O)O)c(N=Nc7ccc(SOOCCS(=O)(O)(O)O)cc7S(=O)(=O)O)c(O)c56)n4)c3)n2)c2c(O)c(N=Nc3ccc(SOOCCS(=O)(O)(O)O)cc3S(=O)(=O)O)c(S(O)(O)O)cc2c1. The molecule has 0 saturated heterocycles. The largest absolute Gasteiger partial charge is 0.505 e. The standard InChI is InChI=1S/C60H56Cl2N16O32S10/c1-27-16-29-19-47(117(93,94)95)51(77-75-39-10-7-33(24-45(39)115(87,88)89)111-109-107-12-14-119(99,100,101)102)53(79)49(29)42(17-27)65-59-69-55(61)67-57(71-59)63-31-6-9-38(74-73-32-21-37-28(2)4-3-5-36(37)44(23-32)114(84,85)86)41(22-31)64-58-68-56(62)70-60(72-58)66-43-26-35(113(81,82)83)18-30-20-48(118(96,97)98)52(54(80)50(30)43)78-76-40-11-8-34(25-46(40)116(90,91)92)112-110-108-13-15-120(103,104,105)106/h3-11,16-26,79-80,93-98H,12-15H2,1-2H3,(H,81,82,83)(H,84,85,86)(H,87,88,89)(H,90,91,92)(H3,99,100,101,102)(H3,103,104,105,106)(H2,63,65,67,69,71)(H2,64,66,68,70,72). The number of azo groups is 3. The molecule has 120 heavy (non-hydrogen) atoms. The Morgan fingerprint density at radius 3 is 1.31 bits per heavy atom. The predicted octanol–water partition coefficient (Wildman–Crippen LogP) is 15.6. The minimum absolute atomic E-state index is 0.00632. The van der Waals surface area contributed by atoms with E-state index in [0.717, 1.165) is 42.5 Å². The number of hydrogen-bond donors (Lipinski definition) is 22. The highest BCUT2D eigenvalue weighted by Crippen LogP contribution is 2.58. The summed E-state index contributed by atoms with van der Waals surface area (Å²) >= 11 is 13.5. The normalized spacial score (nSPS) is 13.9. The first kappa shape index (κ1) is 91.4. The molecule has 0 aliphatic heterocycles. The van der Waals surface area contributed by atoms with Crippen LogP contribution in [0.4, 0.5) is 80.7 Å². The fourth-order valence-corrected chi connectivity index (χ4v) is 16.7. The second kappa shape index (κ2) is 34.2. The monoisotopic (exact) mass is 1900 g/mol. The molecule has 0 saturated carbocycles. The van der Waals surface area contributed by atoms with Crippen molar-refractivity contribution in [1.82, 2.24) is 29.9 Å². The highest BCUT2D eigenvalue weighted by Gasteiger charge is 2.33. The van der Waals surface area contributed by atoms with Crippen molar-refractivity contribution in [2.45, 2.75) is 53.0 Å². The molecule has 2 aromatic heterocycles. The van der Waals surface area contributed by atoms with Crippen molar-refractivity contribution in [3.8, 4) is 11.5 Å². The Hall–Kier alpha value is -9.34. The molecule has 0 spiro atoms. The Morgan fingerprint density at radius 2 is 0.858 bits per heavy atom. The van der Waals surface area contributed by atoms with Gasteiger partial charge in [-0.2, -0.15) is 77.4 Å². The van der Waals surface area contributed by atoms with E-state index in [0.29, 0.717) is 40.8 Å². The van der Waals surface area contributed by atoms with E-state index in [1.807, 2.05) is 0 Å². The van der Waals surface area contributed by atoms with Gasteiger partial charge in [0.05, 0.1) is 86.2 Å². The number of hydrogen-bond acceptors (Lipinski definition) is 40. The molecule has 0 unspecified atom stereocenters. The number of fused-ring (bicyclic) bond motifs is 3. The van der Waals surface area contributed by atoms with Crippen LogP contribution in [0.5, 0.6) is 11.5 Å².